The average Bonchev–Trinajstić information content (AvgIpc) is 2.87. The van der Waals surface area contributed by atoms with Gasteiger partial charge in [-0.3, -0.25) is 0 Å². The maximum atomic E-state index is 6.52. The summed E-state index contributed by atoms with van der Waals surface area (Å²) in [6, 6.07) is 0. The fourth-order valence-electron chi connectivity index (χ4n) is 8.19. The molecule has 32 heavy (non-hydrogen) atoms. The second-order valence-corrected chi connectivity index (χ2v) is 12.5. The normalized spacial score (nSPS) is 41.3. The van der Waals surface area contributed by atoms with Gasteiger partial charge >= 0.3 is 0 Å². The molecule has 0 spiro atoms. The molecular formula is C31H54O. The number of allylic oxidation sites excluding steroid dienone is 1. The van der Waals surface area contributed by atoms with Gasteiger partial charge in [-0.15, -0.1) is 6.58 Å². The summed E-state index contributed by atoms with van der Waals surface area (Å²) < 4.78 is 6.52. The Bertz CT molecular complexity index is 509. The van der Waals surface area contributed by atoms with Crippen LogP contribution in [0.25, 0.3) is 0 Å². The Hall–Kier alpha value is -0.300. The van der Waals surface area contributed by atoms with Crippen molar-refractivity contribution in [3.8, 4) is 0 Å². The predicted octanol–water partition coefficient (Wildman–Crippen LogP) is 9.36. The number of rotatable bonds is 9. The Morgan fingerprint density at radius 2 is 1.03 bits per heavy atom. The van der Waals surface area contributed by atoms with E-state index < -0.39 is 0 Å². The fraction of sp³-hybridized carbons (Fsp3) is 0.935. The highest BCUT2D eigenvalue weighted by Gasteiger charge is 2.33. The molecule has 4 fully saturated rings. The minimum Gasteiger partial charge on any atom is -0.378 e. The molecule has 0 heterocycles. The topological polar surface area (TPSA) is 9.23 Å². The summed E-state index contributed by atoms with van der Waals surface area (Å²) in [5.74, 6) is 7.04. The van der Waals surface area contributed by atoms with Gasteiger partial charge in [-0.2, -0.15) is 0 Å². The van der Waals surface area contributed by atoms with Crippen molar-refractivity contribution in [3.63, 3.8) is 0 Å². The summed E-state index contributed by atoms with van der Waals surface area (Å²) in [7, 11) is 0. The van der Waals surface area contributed by atoms with Crippen molar-refractivity contribution in [2.45, 2.75) is 135 Å². The van der Waals surface area contributed by atoms with Crippen LogP contribution in [0.4, 0.5) is 0 Å². The van der Waals surface area contributed by atoms with Crippen molar-refractivity contribution in [1.82, 2.24) is 0 Å². The number of hydrogen-bond acceptors (Lipinski definition) is 1. The highest BCUT2D eigenvalue weighted by Crippen LogP contribution is 2.43. The Labute approximate surface area is 200 Å². The largest absolute Gasteiger partial charge is 0.378 e. The molecule has 0 amide bonds. The van der Waals surface area contributed by atoms with E-state index in [1.165, 1.54) is 122 Å². The first-order valence-electron chi connectivity index (χ1n) is 15.0. The molecule has 0 saturated heterocycles. The van der Waals surface area contributed by atoms with Crippen LogP contribution in [0.5, 0.6) is 0 Å². The van der Waals surface area contributed by atoms with Crippen LogP contribution in [-0.2, 0) is 4.74 Å². The molecule has 0 aromatic heterocycles. The minimum absolute atomic E-state index is 0.585. The lowest BCUT2D eigenvalue weighted by molar-refractivity contribution is -0.0193. The molecule has 0 aromatic rings. The molecule has 0 aliphatic heterocycles. The molecule has 0 unspecified atom stereocenters. The second kappa shape index (κ2) is 13.0. The van der Waals surface area contributed by atoms with Crippen molar-refractivity contribution in [2.75, 3.05) is 6.61 Å². The quantitative estimate of drug-likeness (QED) is 0.323. The van der Waals surface area contributed by atoms with Crippen LogP contribution in [0.2, 0.25) is 0 Å². The molecule has 4 aliphatic carbocycles. The number of ether oxygens (including phenoxy) is 1. The Morgan fingerprint density at radius 3 is 1.50 bits per heavy atom. The summed E-state index contributed by atoms with van der Waals surface area (Å²) in [5.41, 5.74) is 0. The summed E-state index contributed by atoms with van der Waals surface area (Å²) in [4.78, 5) is 0. The van der Waals surface area contributed by atoms with Gasteiger partial charge in [0.15, 0.2) is 0 Å². The summed E-state index contributed by atoms with van der Waals surface area (Å²) in [6.07, 6.45) is 30.3. The SMILES string of the molecule is C=CCCC1CCC(C2CCC(COC3CCC(C4CCC(CC)CC4)CC3)CC2)CC1. The zero-order valence-electron chi connectivity index (χ0n) is 21.5. The van der Waals surface area contributed by atoms with Gasteiger partial charge in [0.1, 0.15) is 0 Å². The van der Waals surface area contributed by atoms with Crippen LogP contribution in [0.3, 0.4) is 0 Å². The smallest absolute Gasteiger partial charge is 0.0575 e. The molecular weight excluding hydrogens is 388 g/mol. The van der Waals surface area contributed by atoms with Gasteiger partial charge in [0.05, 0.1) is 6.10 Å². The zero-order valence-corrected chi connectivity index (χ0v) is 21.5. The van der Waals surface area contributed by atoms with Crippen molar-refractivity contribution < 1.29 is 4.74 Å². The van der Waals surface area contributed by atoms with Gasteiger partial charge in [-0.05, 0) is 131 Å². The first-order chi connectivity index (χ1) is 15.7. The van der Waals surface area contributed by atoms with Gasteiger partial charge in [0, 0.05) is 6.61 Å². The van der Waals surface area contributed by atoms with E-state index in [2.05, 4.69) is 19.6 Å². The van der Waals surface area contributed by atoms with Gasteiger partial charge < -0.3 is 4.74 Å². The lowest BCUT2D eigenvalue weighted by Gasteiger charge is -2.39. The molecule has 4 aliphatic rings. The highest BCUT2D eigenvalue weighted by molar-refractivity contribution is 4.84. The van der Waals surface area contributed by atoms with Gasteiger partial charge in [-0.1, -0.05) is 45.1 Å². The molecule has 184 valence electrons. The molecule has 0 atom stereocenters. The minimum atomic E-state index is 0.585. The molecule has 1 nitrogen and oxygen atoms in total. The van der Waals surface area contributed by atoms with E-state index in [1.54, 1.807) is 0 Å². The Kier molecular flexibility index (Phi) is 10.1. The lowest BCUT2D eigenvalue weighted by atomic mass is 9.69. The van der Waals surface area contributed by atoms with Gasteiger partial charge in [0.2, 0.25) is 0 Å². The standard InChI is InChI=1S/C31H54O/c1-3-5-6-25-9-15-28(16-10-25)29-17-11-26(12-18-29)23-32-31-21-19-30(20-22-31)27-13-7-24(4-2)8-14-27/h3,24-31H,1,4-23H2,2H3. The monoisotopic (exact) mass is 442 g/mol. The summed E-state index contributed by atoms with van der Waals surface area (Å²) >= 11 is 0. The molecule has 4 saturated carbocycles. The van der Waals surface area contributed by atoms with Crippen molar-refractivity contribution in [2.24, 2.45) is 41.4 Å². The maximum absolute atomic E-state index is 6.52. The third-order valence-electron chi connectivity index (χ3n) is 10.7. The molecule has 4 rings (SSSR count). The van der Waals surface area contributed by atoms with E-state index in [4.69, 9.17) is 4.74 Å². The first kappa shape index (κ1) is 24.8. The molecule has 0 bridgehead atoms. The summed E-state index contributed by atoms with van der Waals surface area (Å²) in [5, 5.41) is 0. The third-order valence-corrected chi connectivity index (χ3v) is 10.7. The van der Waals surface area contributed by atoms with E-state index in [0.717, 1.165) is 48.0 Å². The first-order valence-corrected chi connectivity index (χ1v) is 15.0. The second-order valence-electron chi connectivity index (χ2n) is 12.5. The maximum Gasteiger partial charge on any atom is 0.0575 e. The van der Waals surface area contributed by atoms with Crippen LogP contribution in [0, 0.1) is 41.4 Å². The van der Waals surface area contributed by atoms with Crippen molar-refractivity contribution in [1.29, 1.82) is 0 Å². The number of hydrogen-bond donors (Lipinski definition) is 0. The predicted molar refractivity (Wildman–Crippen MR) is 138 cm³/mol. The van der Waals surface area contributed by atoms with Gasteiger partial charge in [-0.25, -0.2) is 0 Å². The van der Waals surface area contributed by atoms with Crippen molar-refractivity contribution in [3.05, 3.63) is 12.7 Å². The van der Waals surface area contributed by atoms with E-state index in [-0.39, 0.29) is 0 Å². The van der Waals surface area contributed by atoms with E-state index in [9.17, 15) is 0 Å². The molecule has 0 N–H and O–H groups in total. The van der Waals surface area contributed by atoms with Crippen LogP contribution in [0.1, 0.15) is 129 Å². The zero-order chi connectivity index (χ0) is 22.2. The van der Waals surface area contributed by atoms with E-state index in [1.807, 2.05) is 0 Å². The van der Waals surface area contributed by atoms with Crippen molar-refractivity contribution >= 4 is 0 Å². The Morgan fingerprint density at radius 1 is 0.594 bits per heavy atom. The fourth-order valence-corrected chi connectivity index (χ4v) is 8.19. The van der Waals surface area contributed by atoms with Gasteiger partial charge in [0.25, 0.3) is 0 Å². The van der Waals surface area contributed by atoms with E-state index >= 15 is 0 Å². The molecule has 0 radical (unpaired) electrons. The van der Waals surface area contributed by atoms with Crippen LogP contribution < -0.4 is 0 Å². The van der Waals surface area contributed by atoms with E-state index in [0.29, 0.717) is 6.10 Å². The van der Waals surface area contributed by atoms with Crippen LogP contribution in [-0.4, -0.2) is 12.7 Å². The average molecular weight is 443 g/mol. The summed E-state index contributed by atoms with van der Waals surface area (Å²) in [6.45, 7) is 7.36. The van der Waals surface area contributed by atoms with Crippen LogP contribution in [0.15, 0.2) is 12.7 Å². The van der Waals surface area contributed by atoms with Crippen LogP contribution >= 0.6 is 0 Å². The third kappa shape index (κ3) is 7.10. The molecule has 0 aromatic carbocycles. The Balaban J connectivity index is 1.07. The highest BCUT2D eigenvalue weighted by atomic mass is 16.5. The molecule has 1 heteroatoms. The lowest BCUT2D eigenvalue weighted by Crippen LogP contribution is -2.31.